The van der Waals surface area contributed by atoms with Gasteiger partial charge in [0.15, 0.2) is 0 Å². The number of aromatic nitrogens is 1. The van der Waals surface area contributed by atoms with Crippen LogP contribution in [0.4, 0.5) is 0 Å². The summed E-state index contributed by atoms with van der Waals surface area (Å²) >= 11 is 9.98. The van der Waals surface area contributed by atoms with Gasteiger partial charge in [0, 0.05) is 21.8 Å². The minimum atomic E-state index is 0.576. The Morgan fingerprint density at radius 3 is 3.06 bits per heavy atom. The molecule has 1 aromatic heterocycles. The lowest BCUT2D eigenvalue weighted by molar-refractivity contribution is 0.109. The molecule has 0 N–H and O–H groups in total. The molecule has 0 saturated carbocycles. The molecule has 3 rings (SSSR count). The molecule has 88 valence electrons. The van der Waals surface area contributed by atoms with Crippen molar-refractivity contribution >= 4 is 38.4 Å². The van der Waals surface area contributed by atoms with Crippen molar-refractivity contribution in [3.63, 3.8) is 0 Å². The topological polar surface area (TPSA) is 22.1 Å². The van der Waals surface area contributed by atoms with Crippen molar-refractivity contribution in [2.45, 2.75) is 20.0 Å². The molecule has 2 nitrogen and oxygen atoms in total. The maximum atomic E-state index is 6.45. The zero-order valence-corrected chi connectivity index (χ0v) is 11.7. The fourth-order valence-electron chi connectivity index (χ4n) is 2.18. The number of halogens is 2. The third-order valence-electron chi connectivity index (χ3n) is 3.19. The van der Waals surface area contributed by atoms with E-state index in [1.807, 2.05) is 12.1 Å². The van der Waals surface area contributed by atoms with Crippen LogP contribution < -0.4 is 0 Å². The maximum absolute atomic E-state index is 6.45. The molecule has 0 radical (unpaired) electrons. The smallest absolute Gasteiger partial charge is 0.0760 e. The van der Waals surface area contributed by atoms with Crippen molar-refractivity contribution in [3.8, 4) is 0 Å². The molecule has 4 heteroatoms. The number of fused-ring (bicyclic) bond motifs is 2. The van der Waals surface area contributed by atoms with E-state index in [0.29, 0.717) is 6.61 Å². The molecule has 0 aliphatic carbocycles. The summed E-state index contributed by atoms with van der Waals surface area (Å²) in [5, 5.41) is 1.80. The summed E-state index contributed by atoms with van der Waals surface area (Å²) in [6.45, 7) is 3.36. The van der Waals surface area contributed by atoms with Crippen molar-refractivity contribution in [3.05, 3.63) is 38.4 Å². The zero-order chi connectivity index (χ0) is 12.0. The summed E-state index contributed by atoms with van der Waals surface area (Å²) in [6, 6.07) is 4.03. The van der Waals surface area contributed by atoms with Crippen LogP contribution in [0.1, 0.15) is 16.8 Å². The summed E-state index contributed by atoms with van der Waals surface area (Å²) in [5.41, 5.74) is 4.26. The van der Waals surface area contributed by atoms with Crippen LogP contribution in [0.3, 0.4) is 0 Å². The highest BCUT2D eigenvalue weighted by Crippen LogP contribution is 2.34. The van der Waals surface area contributed by atoms with Gasteiger partial charge in [0.2, 0.25) is 0 Å². The minimum absolute atomic E-state index is 0.576. The first-order valence-corrected chi connectivity index (χ1v) is 6.69. The SMILES string of the molecule is Cc1c(Br)ccc2c(Cl)c3c(nc12)CCOC3. The molecular formula is C13H11BrClNO. The highest BCUT2D eigenvalue weighted by atomic mass is 79.9. The van der Waals surface area contributed by atoms with Crippen LogP contribution in [0, 0.1) is 6.92 Å². The van der Waals surface area contributed by atoms with E-state index in [-0.39, 0.29) is 0 Å². The predicted molar refractivity (Wildman–Crippen MR) is 72.6 cm³/mol. The first kappa shape index (κ1) is 11.5. The monoisotopic (exact) mass is 311 g/mol. The molecule has 0 atom stereocenters. The Hall–Kier alpha value is -0.640. The Morgan fingerprint density at radius 2 is 2.24 bits per heavy atom. The molecular weight excluding hydrogens is 302 g/mol. The summed E-state index contributed by atoms with van der Waals surface area (Å²) in [7, 11) is 0. The van der Waals surface area contributed by atoms with Crippen LogP contribution in [-0.4, -0.2) is 11.6 Å². The second-order valence-corrected chi connectivity index (χ2v) is 5.45. The van der Waals surface area contributed by atoms with E-state index in [2.05, 4.69) is 22.9 Å². The fourth-order valence-corrected chi connectivity index (χ4v) is 2.82. The lowest BCUT2D eigenvalue weighted by Crippen LogP contribution is -2.12. The highest BCUT2D eigenvalue weighted by Gasteiger charge is 2.18. The van der Waals surface area contributed by atoms with Gasteiger partial charge in [-0.05, 0) is 18.6 Å². The molecule has 0 fully saturated rings. The first-order chi connectivity index (χ1) is 8.18. The van der Waals surface area contributed by atoms with Gasteiger partial charge in [-0.25, -0.2) is 0 Å². The first-order valence-electron chi connectivity index (χ1n) is 5.52. The number of rotatable bonds is 0. The number of benzene rings is 1. The van der Waals surface area contributed by atoms with Crippen molar-refractivity contribution < 1.29 is 4.74 Å². The van der Waals surface area contributed by atoms with E-state index in [1.165, 1.54) is 0 Å². The average Bonchev–Trinajstić information content (AvgIpc) is 2.35. The number of ether oxygens (including phenoxy) is 1. The standard InChI is InChI=1S/C13H11BrClNO/c1-7-10(14)3-2-8-12(15)9-6-17-5-4-11(9)16-13(7)8/h2-3H,4-6H2,1H3. The third kappa shape index (κ3) is 1.77. The van der Waals surface area contributed by atoms with E-state index in [4.69, 9.17) is 21.3 Å². The van der Waals surface area contributed by atoms with Crippen LogP contribution in [-0.2, 0) is 17.8 Å². The van der Waals surface area contributed by atoms with Crippen LogP contribution >= 0.6 is 27.5 Å². The Bertz CT molecular complexity index is 612. The van der Waals surface area contributed by atoms with Gasteiger partial charge in [-0.2, -0.15) is 0 Å². The van der Waals surface area contributed by atoms with Gasteiger partial charge in [-0.15, -0.1) is 0 Å². The maximum Gasteiger partial charge on any atom is 0.0760 e. The van der Waals surface area contributed by atoms with E-state index >= 15 is 0 Å². The van der Waals surface area contributed by atoms with Gasteiger partial charge in [-0.3, -0.25) is 4.98 Å². The lowest BCUT2D eigenvalue weighted by Gasteiger charge is -2.19. The molecule has 0 bridgehead atoms. The Kier molecular flexibility index (Phi) is 2.85. The van der Waals surface area contributed by atoms with Gasteiger partial charge in [0.1, 0.15) is 0 Å². The van der Waals surface area contributed by atoms with E-state index < -0.39 is 0 Å². The highest BCUT2D eigenvalue weighted by molar-refractivity contribution is 9.10. The molecule has 0 amide bonds. The van der Waals surface area contributed by atoms with Crippen molar-refractivity contribution in [1.29, 1.82) is 0 Å². The van der Waals surface area contributed by atoms with Gasteiger partial charge in [-0.1, -0.05) is 33.6 Å². The molecule has 2 aromatic rings. The Labute approximate surface area is 113 Å². The van der Waals surface area contributed by atoms with Crippen LogP contribution in [0.15, 0.2) is 16.6 Å². The lowest BCUT2D eigenvalue weighted by atomic mass is 10.0. The molecule has 17 heavy (non-hydrogen) atoms. The molecule has 0 unspecified atom stereocenters. The number of hydrogen-bond acceptors (Lipinski definition) is 2. The quantitative estimate of drug-likeness (QED) is 0.732. The zero-order valence-electron chi connectivity index (χ0n) is 9.39. The largest absolute Gasteiger partial charge is 0.376 e. The van der Waals surface area contributed by atoms with Gasteiger partial charge in [0.05, 0.1) is 29.4 Å². The summed E-state index contributed by atoms with van der Waals surface area (Å²) in [5.74, 6) is 0. The number of aryl methyl sites for hydroxylation is 1. The van der Waals surface area contributed by atoms with E-state index in [9.17, 15) is 0 Å². The molecule has 1 aliphatic rings. The predicted octanol–water partition coefficient (Wildman–Crippen LogP) is 4.03. The van der Waals surface area contributed by atoms with Gasteiger partial charge < -0.3 is 4.74 Å². The number of hydrogen-bond donors (Lipinski definition) is 0. The second-order valence-electron chi connectivity index (χ2n) is 4.22. The molecule has 0 saturated heterocycles. The van der Waals surface area contributed by atoms with Crippen LogP contribution in [0.2, 0.25) is 5.02 Å². The fraction of sp³-hybridized carbons (Fsp3) is 0.308. The van der Waals surface area contributed by atoms with Crippen molar-refractivity contribution in [1.82, 2.24) is 4.98 Å². The summed E-state index contributed by atoms with van der Waals surface area (Å²) in [6.07, 6.45) is 0.844. The van der Waals surface area contributed by atoms with Gasteiger partial charge in [0.25, 0.3) is 0 Å². The van der Waals surface area contributed by atoms with Crippen molar-refractivity contribution in [2.75, 3.05) is 6.61 Å². The summed E-state index contributed by atoms with van der Waals surface area (Å²) in [4.78, 5) is 4.74. The van der Waals surface area contributed by atoms with E-state index in [0.717, 1.165) is 50.2 Å². The minimum Gasteiger partial charge on any atom is -0.376 e. The molecule has 1 aromatic carbocycles. The van der Waals surface area contributed by atoms with Crippen LogP contribution in [0.25, 0.3) is 10.9 Å². The summed E-state index contributed by atoms with van der Waals surface area (Å²) < 4.78 is 6.52. The number of nitrogens with zero attached hydrogens (tertiary/aromatic N) is 1. The second kappa shape index (κ2) is 4.23. The van der Waals surface area contributed by atoms with E-state index in [1.54, 1.807) is 0 Å². The van der Waals surface area contributed by atoms with Crippen LogP contribution in [0.5, 0.6) is 0 Å². The molecule has 2 heterocycles. The molecule has 0 spiro atoms. The molecule has 1 aliphatic heterocycles. The van der Waals surface area contributed by atoms with Crippen molar-refractivity contribution in [2.24, 2.45) is 0 Å². The number of pyridine rings is 1. The Balaban J connectivity index is 2.40. The normalized spacial score (nSPS) is 15.0. The third-order valence-corrected chi connectivity index (χ3v) is 4.48. The average molecular weight is 313 g/mol. The van der Waals surface area contributed by atoms with Gasteiger partial charge >= 0.3 is 0 Å². The Morgan fingerprint density at radius 1 is 1.41 bits per heavy atom.